The molecule has 3 aromatic rings. The van der Waals surface area contributed by atoms with Crippen LogP contribution in [0, 0.1) is 12.7 Å². The van der Waals surface area contributed by atoms with E-state index in [2.05, 4.69) is 5.32 Å². The van der Waals surface area contributed by atoms with Crippen molar-refractivity contribution < 1.29 is 9.18 Å². The van der Waals surface area contributed by atoms with E-state index in [1.807, 2.05) is 18.2 Å². The Kier molecular flexibility index (Phi) is 3.93. The van der Waals surface area contributed by atoms with Crippen molar-refractivity contribution in [2.45, 2.75) is 13.5 Å². The Bertz CT molecular complexity index is 930. The fourth-order valence-corrected chi connectivity index (χ4v) is 2.50. The van der Waals surface area contributed by atoms with Crippen molar-refractivity contribution >= 4 is 22.4 Å². The molecule has 0 spiro atoms. The van der Waals surface area contributed by atoms with E-state index in [1.54, 1.807) is 19.1 Å². The standard InChI is InChI=1S/C18H15FN2O2/c1-12-10-13-4-2-3-5-16(13)18(23)21(12)11-17(22)20-15-8-6-14(19)7-9-15/h2-10H,11H2,1H3,(H,20,22). The molecule has 0 aliphatic carbocycles. The lowest BCUT2D eigenvalue weighted by molar-refractivity contribution is -0.116. The Morgan fingerprint density at radius 3 is 2.57 bits per heavy atom. The summed E-state index contributed by atoms with van der Waals surface area (Å²) in [6.45, 7) is 1.70. The van der Waals surface area contributed by atoms with Crippen molar-refractivity contribution in [1.29, 1.82) is 0 Å². The molecule has 1 N–H and O–H groups in total. The van der Waals surface area contributed by atoms with E-state index in [0.717, 1.165) is 5.39 Å². The number of nitrogens with one attached hydrogen (secondary N) is 1. The molecule has 1 heterocycles. The Balaban J connectivity index is 1.87. The largest absolute Gasteiger partial charge is 0.325 e. The van der Waals surface area contributed by atoms with Gasteiger partial charge in [0.05, 0.1) is 0 Å². The fourth-order valence-electron chi connectivity index (χ4n) is 2.50. The Morgan fingerprint density at radius 1 is 1.13 bits per heavy atom. The Labute approximate surface area is 132 Å². The second-order valence-electron chi connectivity index (χ2n) is 5.32. The third-order valence-electron chi connectivity index (χ3n) is 3.66. The zero-order chi connectivity index (χ0) is 16.4. The van der Waals surface area contributed by atoms with Gasteiger partial charge in [-0.05, 0) is 48.7 Å². The highest BCUT2D eigenvalue weighted by Gasteiger charge is 2.10. The summed E-state index contributed by atoms with van der Waals surface area (Å²) in [5.41, 5.74) is 1.00. The molecule has 0 bridgehead atoms. The fraction of sp³-hybridized carbons (Fsp3) is 0.111. The number of pyridine rings is 1. The van der Waals surface area contributed by atoms with Gasteiger partial charge in [0.15, 0.2) is 0 Å². The molecule has 0 aliphatic rings. The van der Waals surface area contributed by atoms with E-state index in [1.165, 1.54) is 28.8 Å². The summed E-state index contributed by atoms with van der Waals surface area (Å²) in [5, 5.41) is 4.08. The summed E-state index contributed by atoms with van der Waals surface area (Å²) in [6.07, 6.45) is 0. The third-order valence-corrected chi connectivity index (χ3v) is 3.66. The molecule has 4 nitrogen and oxygen atoms in total. The Morgan fingerprint density at radius 2 is 1.83 bits per heavy atom. The number of hydrogen-bond donors (Lipinski definition) is 1. The lowest BCUT2D eigenvalue weighted by Gasteiger charge is -2.12. The summed E-state index contributed by atoms with van der Waals surface area (Å²) in [4.78, 5) is 24.7. The first-order chi connectivity index (χ1) is 11.0. The minimum absolute atomic E-state index is 0.0904. The zero-order valence-corrected chi connectivity index (χ0v) is 12.5. The van der Waals surface area contributed by atoms with Gasteiger partial charge in [-0.3, -0.25) is 9.59 Å². The molecule has 23 heavy (non-hydrogen) atoms. The summed E-state index contributed by atoms with van der Waals surface area (Å²) in [6, 6.07) is 14.6. The molecule has 0 saturated heterocycles. The average molecular weight is 310 g/mol. The molecule has 0 atom stereocenters. The van der Waals surface area contributed by atoms with Gasteiger partial charge in [0, 0.05) is 16.8 Å². The number of benzene rings is 2. The number of anilines is 1. The molecule has 116 valence electrons. The first-order valence-electron chi connectivity index (χ1n) is 7.19. The van der Waals surface area contributed by atoms with Crippen LogP contribution in [0.25, 0.3) is 10.8 Å². The molecule has 0 radical (unpaired) electrons. The molecule has 5 heteroatoms. The van der Waals surface area contributed by atoms with Gasteiger partial charge in [-0.25, -0.2) is 4.39 Å². The highest BCUT2D eigenvalue weighted by molar-refractivity contribution is 5.91. The van der Waals surface area contributed by atoms with Crippen molar-refractivity contribution in [1.82, 2.24) is 4.57 Å². The second-order valence-corrected chi connectivity index (χ2v) is 5.32. The van der Waals surface area contributed by atoms with E-state index in [0.29, 0.717) is 16.8 Å². The van der Waals surface area contributed by atoms with Gasteiger partial charge in [0.25, 0.3) is 5.56 Å². The van der Waals surface area contributed by atoms with Gasteiger partial charge >= 0.3 is 0 Å². The predicted octanol–water partition coefficient (Wildman–Crippen LogP) is 3.09. The maximum Gasteiger partial charge on any atom is 0.259 e. The molecule has 1 amide bonds. The van der Waals surface area contributed by atoms with Gasteiger partial charge in [0.1, 0.15) is 12.4 Å². The molecular weight excluding hydrogens is 295 g/mol. The lowest BCUT2D eigenvalue weighted by atomic mass is 10.1. The summed E-state index contributed by atoms with van der Waals surface area (Å²) in [5.74, 6) is -0.707. The average Bonchev–Trinajstić information content (AvgIpc) is 2.54. The van der Waals surface area contributed by atoms with E-state index < -0.39 is 0 Å². The van der Waals surface area contributed by atoms with Crippen molar-refractivity contribution in [3.63, 3.8) is 0 Å². The quantitative estimate of drug-likeness (QED) is 0.808. The van der Waals surface area contributed by atoms with Gasteiger partial charge in [0.2, 0.25) is 5.91 Å². The van der Waals surface area contributed by atoms with E-state index in [9.17, 15) is 14.0 Å². The normalized spacial score (nSPS) is 10.7. The van der Waals surface area contributed by atoms with Gasteiger partial charge in [-0.15, -0.1) is 0 Å². The van der Waals surface area contributed by atoms with Crippen molar-refractivity contribution in [3.8, 4) is 0 Å². The molecular formula is C18H15FN2O2. The first-order valence-corrected chi connectivity index (χ1v) is 7.19. The Hall–Kier alpha value is -2.95. The molecule has 0 aliphatic heterocycles. The van der Waals surface area contributed by atoms with Crippen LogP contribution in [0.15, 0.2) is 59.4 Å². The van der Waals surface area contributed by atoms with Crippen molar-refractivity contribution in [2.75, 3.05) is 5.32 Å². The number of amides is 1. The number of carbonyl (C=O) groups excluding carboxylic acids is 1. The van der Waals surface area contributed by atoms with Crippen LogP contribution in [-0.4, -0.2) is 10.5 Å². The van der Waals surface area contributed by atoms with Crippen molar-refractivity contribution in [3.05, 3.63) is 76.5 Å². The van der Waals surface area contributed by atoms with Crippen LogP contribution in [0.4, 0.5) is 10.1 Å². The number of carbonyl (C=O) groups is 1. The lowest BCUT2D eigenvalue weighted by Crippen LogP contribution is -2.29. The molecule has 0 unspecified atom stereocenters. The van der Waals surface area contributed by atoms with E-state index in [4.69, 9.17) is 0 Å². The number of rotatable bonds is 3. The second kappa shape index (κ2) is 6.04. The minimum Gasteiger partial charge on any atom is -0.325 e. The highest BCUT2D eigenvalue weighted by Crippen LogP contribution is 2.12. The minimum atomic E-state index is -0.371. The van der Waals surface area contributed by atoms with Crippen LogP contribution >= 0.6 is 0 Å². The molecule has 1 aromatic heterocycles. The van der Waals surface area contributed by atoms with Crippen LogP contribution in [0.2, 0.25) is 0 Å². The third kappa shape index (κ3) is 3.13. The maximum absolute atomic E-state index is 12.9. The van der Waals surface area contributed by atoms with Gasteiger partial charge in [-0.2, -0.15) is 0 Å². The van der Waals surface area contributed by atoms with E-state index in [-0.39, 0.29) is 23.8 Å². The number of fused-ring (bicyclic) bond motifs is 1. The number of halogens is 1. The molecule has 0 fully saturated rings. The number of hydrogen-bond acceptors (Lipinski definition) is 2. The molecule has 0 saturated carbocycles. The van der Waals surface area contributed by atoms with E-state index >= 15 is 0 Å². The van der Waals surface area contributed by atoms with Crippen LogP contribution in [0.3, 0.4) is 0 Å². The SMILES string of the molecule is Cc1cc2ccccc2c(=O)n1CC(=O)Nc1ccc(F)cc1. The van der Waals surface area contributed by atoms with Crippen molar-refractivity contribution in [2.24, 2.45) is 0 Å². The molecule has 2 aromatic carbocycles. The van der Waals surface area contributed by atoms with Crippen LogP contribution < -0.4 is 10.9 Å². The van der Waals surface area contributed by atoms with Crippen LogP contribution in [0.1, 0.15) is 5.69 Å². The number of nitrogens with zero attached hydrogens (tertiary/aromatic N) is 1. The first kappa shape index (κ1) is 15.0. The smallest absolute Gasteiger partial charge is 0.259 e. The monoisotopic (exact) mass is 310 g/mol. The summed E-state index contributed by atoms with van der Waals surface area (Å²) in [7, 11) is 0. The molecule has 3 rings (SSSR count). The van der Waals surface area contributed by atoms with Crippen LogP contribution in [-0.2, 0) is 11.3 Å². The maximum atomic E-state index is 12.9. The topological polar surface area (TPSA) is 51.1 Å². The van der Waals surface area contributed by atoms with Gasteiger partial charge in [-0.1, -0.05) is 18.2 Å². The summed E-state index contributed by atoms with van der Waals surface area (Å²) >= 11 is 0. The highest BCUT2D eigenvalue weighted by atomic mass is 19.1. The zero-order valence-electron chi connectivity index (χ0n) is 12.5. The summed E-state index contributed by atoms with van der Waals surface area (Å²) < 4.78 is 14.3. The number of aromatic nitrogens is 1. The van der Waals surface area contributed by atoms with Crippen LogP contribution in [0.5, 0.6) is 0 Å². The number of aryl methyl sites for hydroxylation is 1. The van der Waals surface area contributed by atoms with Gasteiger partial charge < -0.3 is 9.88 Å². The predicted molar refractivity (Wildman–Crippen MR) is 88.0 cm³/mol.